The van der Waals surface area contributed by atoms with Gasteiger partial charge in [-0.05, 0) is 70.2 Å². The second-order valence-corrected chi connectivity index (χ2v) is 7.83. The number of benzene rings is 1. The van der Waals surface area contributed by atoms with Gasteiger partial charge in [-0.15, -0.1) is 0 Å². The molecule has 1 fully saturated rings. The minimum atomic E-state index is -0.0686. The van der Waals surface area contributed by atoms with Gasteiger partial charge >= 0.3 is 0 Å². The fraction of sp³-hybridized carbons (Fsp3) is 0.700. The maximum absolute atomic E-state index is 6.23. The van der Waals surface area contributed by atoms with E-state index < -0.39 is 0 Å². The number of fused-ring (bicyclic) bond motifs is 3. The molecular weight excluding hydrogens is 302 g/mol. The predicted molar refractivity (Wildman–Crippen MR) is 96.0 cm³/mol. The first-order valence-corrected chi connectivity index (χ1v) is 9.16. The lowest BCUT2D eigenvalue weighted by atomic mass is 9.85. The monoisotopic (exact) mass is 333 g/mol. The largest absolute Gasteiger partial charge is 0.493 e. The molecule has 134 valence electrons. The average molecular weight is 333 g/mol. The van der Waals surface area contributed by atoms with E-state index >= 15 is 0 Å². The van der Waals surface area contributed by atoms with Crippen LogP contribution in [0, 0.1) is 0 Å². The molecule has 2 heterocycles. The van der Waals surface area contributed by atoms with Crippen molar-refractivity contribution in [2.24, 2.45) is 0 Å². The summed E-state index contributed by atoms with van der Waals surface area (Å²) in [5, 5.41) is 0. The molecule has 2 aliphatic heterocycles. The van der Waals surface area contributed by atoms with Crippen molar-refractivity contribution in [1.29, 1.82) is 0 Å². The van der Waals surface area contributed by atoms with Crippen molar-refractivity contribution in [2.75, 3.05) is 26.8 Å². The van der Waals surface area contributed by atoms with Crippen LogP contribution < -0.4 is 9.47 Å². The molecule has 0 aromatic heterocycles. The van der Waals surface area contributed by atoms with Crippen LogP contribution in [0.5, 0.6) is 11.5 Å². The van der Waals surface area contributed by atoms with E-state index in [1.54, 1.807) is 7.11 Å². The molecule has 0 aliphatic carbocycles. The normalized spacial score (nSPS) is 24.2. The molecule has 2 aliphatic rings. The van der Waals surface area contributed by atoms with Crippen LogP contribution in [0.4, 0.5) is 0 Å². The lowest BCUT2D eigenvalue weighted by molar-refractivity contribution is -0.0971. The third kappa shape index (κ3) is 3.70. The Labute approximate surface area is 146 Å². The zero-order valence-electron chi connectivity index (χ0n) is 15.7. The SMILES string of the molecule is CCOc1cc2c(cc1OC)C1CCC(OC(C)(C)C)CN1CC2. The molecule has 24 heavy (non-hydrogen) atoms. The zero-order chi connectivity index (χ0) is 17.3. The van der Waals surface area contributed by atoms with Crippen LogP contribution >= 0.6 is 0 Å². The molecule has 0 bridgehead atoms. The Hall–Kier alpha value is -1.26. The molecule has 4 nitrogen and oxygen atoms in total. The van der Waals surface area contributed by atoms with Gasteiger partial charge in [-0.25, -0.2) is 0 Å². The van der Waals surface area contributed by atoms with Gasteiger partial charge in [0.15, 0.2) is 11.5 Å². The topological polar surface area (TPSA) is 30.9 Å². The number of piperidine rings is 1. The second-order valence-electron chi connectivity index (χ2n) is 7.83. The first kappa shape index (κ1) is 17.6. The third-order valence-electron chi connectivity index (χ3n) is 4.91. The van der Waals surface area contributed by atoms with Gasteiger partial charge in [0.05, 0.1) is 25.4 Å². The molecule has 1 saturated heterocycles. The highest BCUT2D eigenvalue weighted by atomic mass is 16.5. The fourth-order valence-corrected chi connectivity index (χ4v) is 4.04. The van der Waals surface area contributed by atoms with E-state index in [9.17, 15) is 0 Å². The van der Waals surface area contributed by atoms with Crippen LogP contribution in [-0.4, -0.2) is 43.4 Å². The maximum Gasteiger partial charge on any atom is 0.161 e. The van der Waals surface area contributed by atoms with Gasteiger partial charge in [-0.3, -0.25) is 4.90 Å². The van der Waals surface area contributed by atoms with Crippen molar-refractivity contribution in [3.05, 3.63) is 23.3 Å². The number of hydrogen-bond donors (Lipinski definition) is 0. The number of methoxy groups -OCH3 is 1. The molecular formula is C20H31NO3. The first-order chi connectivity index (χ1) is 11.4. The van der Waals surface area contributed by atoms with E-state index in [2.05, 4.69) is 37.8 Å². The van der Waals surface area contributed by atoms with E-state index in [1.165, 1.54) is 11.1 Å². The standard InChI is InChI=1S/C20H31NO3/c1-6-23-19-11-14-9-10-21-13-15(24-20(2,3)4)7-8-17(21)16(14)12-18(19)22-5/h11-12,15,17H,6-10,13H2,1-5H3. The van der Waals surface area contributed by atoms with Crippen molar-refractivity contribution in [3.8, 4) is 11.5 Å². The first-order valence-electron chi connectivity index (χ1n) is 9.16. The number of nitrogens with zero attached hydrogens (tertiary/aromatic N) is 1. The summed E-state index contributed by atoms with van der Waals surface area (Å²) >= 11 is 0. The Morgan fingerprint density at radius 3 is 2.62 bits per heavy atom. The van der Waals surface area contributed by atoms with Crippen molar-refractivity contribution in [1.82, 2.24) is 4.90 Å². The van der Waals surface area contributed by atoms with Gasteiger partial charge < -0.3 is 14.2 Å². The van der Waals surface area contributed by atoms with Crippen LogP contribution in [0.25, 0.3) is 0 Å². The Morgan fingerprint density at radius 2 is 1.96 bits per heavy atom. The van der Waals surface area contributed by atoms with Gasteiger partial charge in [0.25, 0.3) is 0 Å². The fourth-order valence-electron chi connectivity index (χ4n) is 4.04. The Bertz CT molecular complexity index is 579. The van der Waals surface area contributed by atoms with Crippen molar-refractivity contribution >= 4 is 0 Å². The van der Waals surface area contributed by atoms with E-state index in [0.29, 0.717) is 18.8 Å². The lowest BCUT2D eigenvalue weighted by Crippen LogP contribution is -2.47. The summed E-state index contributed by atoms with van der Waals surface area (Å²) in [5.41, 5.74) is 2.76. The van der Waals surface area contributed by atoms with E-state index in [-0.39, 0.29) is 5.60 Å². The van der Waals surface area contributed by atoms with Gasteiger partial charge in [0.2, 0.25) is 0 Å². The Morgan fingerprint density at radius 1 is 1.17 bits per heavy atom. The molecule has 2 unspecified atom stereocenters. The van der Waals surface area contributed by atoms with Crippen LogP contribution in [0.3, 0.4) is 0 Å². The minimum absolute atomic E-state index is 0.0686. The maximum atomic E-state index is 6.23. The van der Waals surface area contributed by atoms with Gasteiger partial charge in [0.1, 0.15) is 0 Å². The zero-order valence-corrected chi connectivity index (χ0v) is 15.7. The van der Waals surface area contributed by atoms with Crippen molar-refractivity contribution in [2.45, 2.75) is 64.7 Å². The molecule has 4 heteroatoms. The predicted octanol–water partition coefficient (Wildman–Crippen LogP) is 3.97. The van der Waals surface area contributed by atoms with Gasteiger partial charge in [-0.2, -0.15) is 0 Å². The van der Waals surface area contributed by atoms with Crippen LogP contribution in [0.1, 0.15) is 57.7 Å². The summed E-state index contributed by atoms with van der Waals surface area (Å²) in [4.78, 5) is 2.59. The van der Waals surface area contributed by atoms with E-state index in [0.717, 1.165) is 43.9 Å². The third-order valence-corrected chi connectivity index (χ3v) is 4.91. The highest BCUT2D eigenvalue weighted by Gasteiger charge is 2.35. The van der Waals surface area contributed by atoms with Crippen molar-refractivity contribution in [3.63, 3.8) is 0 Å². The van der Waals surface area contributed by atoms with E-state index in [4.69, 9.17) is 14.2 Å². The molecule has 1 aromatic rings. The molecule has 2 atom stereocenters. The summed E-state index contributed by atoms with van der Waals surface area (Å²) in [6.45, 7) is 11.2. The molecule has 3 rings (SSSR count). The lowest BCUT2D eigenvalue weighted by Gasteiger charge is -2.44. The van der Waals surface area contributed by atoms with Gasteiger partial charge in [-0.1, -0.05) is 0 Å². The summed E-state index contributed by atoms with van der Waals surface area (Å²) in [7, 11) is 1.72. The molecule has 0 spiro atoms. The van der Waals surface area contributed by atoms with Gasteiger partial charge in [0, 0.05) is 19.1 Å². The molecule has 0 N–H and O–H groups in total. The number of hydrogen-bond acceptors (Lipinski definition) is 4. The molecule has 0 amide bonds. The second kappa shape index (κ2) is 6.93. The van der Waals surface area contributed by atoms with Crippen LogP contribution in [0.2, 0.25) is 0 Å². The van der Waals surface area contributed by atoms with Crippen molar-refractivity contribution < 1.29 is 14.2 Å². The number of rotatable bonds is 4. The van der Waals surface area contributed by atoms with Crippen LogP contribution in [0.15, 0.2) is 12.1 Å². The molecule has 1 aromatic carbocycles. The Balaban J connectivity index is 1.80. The summed E-state index contributed by atoms with van der Waals surface area (Å²) < 4.78 is 17.5. The highest BCUT2D eigenvalue weighted by Crippen LogP contribution is 2.42. The molecule has 0 radical (unpaired) electrons. The highest BCUT2D eigenvalue weighted by molar-refractivity contribution is 5.49. The summed E-state index contributed by atoms with van der Waals surface area (Å²) in [6, 6.07) is 4.87. The molecule has 0 saturated carbocycles. The smallest absolute Gasteiger partial charge is 0.161 e. The number of ether oxygens (including phenoxy) is 3. The quantitative estimate of drug-likeness (QED) is 0.834. The minimum Gasteiger partial charge on any atom is -0.493 e. The Kier molecular flexibility index (Phi) is 5.07. The van der Waals surface area contributed by atoms with Crippen LogP contribution in [-0.2, 0) is 11.2 Å². The summed E-state index contributed by atoms with van der Waals surface area (Å²) in [5.74, 6) is 1.72. The van der Waals surface area contributed by atoms with E-state index in [1.807, 2.05) is 6.92 Å². The summed E-state index contributed by atoms with van der Waals surface area (Å²) in [6.07, 6.45) is 3.67. The average Bonchev–Trinajstić information content (AvgIpc) is 2.52.